The fourth-order valence-electron chi connectivity index (χ4n) is 2.07. The summed E-state index contributed by atoms with van der Waals surface area (Å²) < 4.78 is 48.5. The van der Waals surface area contributed by atoms with Crippen LogP contribution in [0.3, 0.4) is 0 Å². The molecule has 0 saturated carbocycles. The minimum Gasteiger partial charge on any atom is -0.478 e. The van der Waals surface area contributed by atoms with Gasteiger partial charge in [0.2, 0.25) is 0 Å². The van der Waals surface area contributed by atoms with E-state index in [1.54, 1.807) is 18.2 Å². The average Bonchev–Trinajstić information content (AvgIpc) is 2.86. The molecule has 1 aromatic rings. The number of anilines is 1. The number of nitrogen functional groups attached to an aromatic ring is 1. The number of hydrogen-bond donors (Lipinski definition) is 9. The Labute approximate surface area is 179 Å². The highest BCUT2D eigenvalue weighted by Crippen LogP contribution is 2.66. The molecule has 1 fully saturated rings. The van der Waals surface area contributed by atoms with Crippen LogP contribution >= 0.6 is 23.5 Å². The number of rotatable bonds is 8. The molecular weight excluding hydrogens is 507 g/mol. The summed E-state index contributed by atoms with van der Waals surface area (Å²) in [5.41, 5.74) is 5.80. The summed E-state index contributed by atoms with van der Waals surface area (Å²) in [6.45, 7) is -0.783. The fourth-order valence-corrected chi connectivity index (χ4v) is 5.17. The lowest BCUT2D eigenvalue weighted by atomic mass is 10.1. The molecule has 32 heavy (non-hydrogen) atoms. The van der Waals surface area contributed by atoms with Gasteiger partial charge in [0, 0.05) is 5.69 Å². The molecule has 0 aliphatic carbocycles. The zero-order valence-electron chi connectivity index (χ0n) is 15.6. The normalized spacial score (nSPS) is 27.0. The molecule has 184 valence electrons. The number of carboxylic acid groups (broad SMARTS) is 1. The molecule has 10 N–H and O–H groups in total. The number of para-hydroxylation sites is 1. The number of hydrogen-bond acceptors (Lipinski definition) is 12. The maximum Gasteiger partial charge on any atom is 0.490 e. The van der Waals surface area contributed by atoms with Crippen molar-refractivity contribution in [2.45, 2.75) is 24.6 Å². The van der Waals surface area contributed by atoms with Gasteiger partial charge in [-0.1, -0.05) is 12.1 Å². The number of phosphoric ester groups is 1. The number of aliphatic hydroxyl groups excluding tert-OH is 3. The minimum atomic E-state index is -5.70. The van der Waals surface area contributed by atoms with Crippen molar-refractivity contribution in [3.63, 3.8) is 0 Å². The molecule has 0 bridgehead atoms. The third-order valence-corrected chi connectivity index (χ3v) is 7.14. The Balaban J connectivity index is 0.000000425. The van der Waals surface area contributed by atoms with E-state index in [0.29, 0.717) is 5.69 Å². The lowest BCUT2D eigenvalue weighted by molar-refractivity contribution is -0.125. The van der Waals surface area contributed by atoms with E-state index < -0.39 is 60.6 Å². The van der Waals surface area contributed by atoms with Gasteiger partial charge < -0.3 is 50.5 Å². The van der Waals surface area contributed by atoms with Crippen LogP contribution in [0.1, 0.15) is 10.4 Å². The van der Waals surface area contributed by atoms with Crippen molar-refractivity contribution < 1.29 is 76.4 Å². The molecule has 1 saturated heterocycles. The van der Waals surface area contributed by atoms with Crippen molar-refractivity contribution in [2.75, 3.05) is 12.3 Å². The second-order valence-electron chi connectivity index (χ2n) is 5.80. The second kappa shape index (κ2) is 11.2. The fraction of sp³-hybridized carbons (Fsp3) is 0.417. The van der Waals surface area contributed by atoms with Gasteiger partial charge in [0.25, 0.3) is 0 Å². The van der Waals surface area contributed by atoms with Crippen LogP contribution in [0.2, 0.25) is 0 Å². The van der Waals surface area contributed by atoms with Crippen molar-refractivity contribution in [3.8, 4) is 0 Å². The van der Waals surface area contributed by atoms with Crippen LogP contribution in [-0.4, -0.2) is 77.2 Å². The number of ether oxygens (including phenoxy) is 1. The Bertz CT molecular complexity index is 935. The molecule has 1 aliphatic rings. The number of carbonyl (C=O) groups is 1. The maximum atomic E-state index is 11.4. The molecule has 1 aliphatic heterocycles. The Hall–Kier alpha value is -1.26. The molecule has 1 aromatic carbocycles. The van der Waals surface area contributed by atoms with Crippen molar-refractivity contribution in [3.05, 3.63) is 29.8 Å². The quantitative estimate of drug-likeness (QED) is 0.141. The standard InChI is InChI=1S/C7H7NO2.C5H13O14P3/c8-6-4-2-1-3-5(6)7(9)10;6-1-2-3(7)4(8)5(16-2)17-21(12,13)19-22(14,15)18-20(9,10)11/h1-4H,8H2,(H,9,10);2-8H,1H2,(H,12,13)(H,14,15)(H2,9,10,11)/t;2-,3-,4-,5?/m.1/s1. The van der Waals surface area contributed by atoms with Crippen molar-refractivity contribution in [2.24, 2.45) is 0 Å². The Kier molecular flexibility index (Phi) is 10.1. The molecule has 6 atom stereocenters. The van der Waals surface area contributed by atoms with E-state index in [1.807, 2.05) is 0 Å². The molecule has 0 aromatic heterocycles. The van der Waals surface area contributed by atoms with E-state index in [1.165, 1.54) is 6.07 Å². The van der Waals surface area contributed by atoms with Gasteiger partial charge in [-0.3, -0.25) is 4.52 Å². The van der Waals surface area contributed by atoms with Gasteiger partial charge in [0.1, 0.15) is 18.3 Å². The van der Waals surface area contributed by atoms with Crippen molar-refractivity contribution >= 4 is 35.1 Å². The first-order chi connectivity index (χ1) is 14.5. The molecule has 0 spiro atoms. The first kappa shape index (κ1) is 28.8. The zero-order valence-corrected chi connectivity index (χ0v) is 18.3. The van der Waals surface area contributed by atoms with E-state index in [0.717, 1.165) is 0 Å². The number of phosphoric acid groups is 3. The summed E-state index contributed by atoms with van der Waals surface area (Å²) in [5, 5.41) is 36.0. The minimum absolute atomic E-state index is 0.155. The highest BCUT2D eigenvalue weighted by Gasteiger charge is 2.49. The Morgan fingerprint density at radius 1 is 1.00 bits per heavy atom. The highest BCUT2D eigenvalue weighted by molar-refractivity contribution is 7.66. The lowest BCUT2D eigenvalue weighted by Gasteiger charge is -2.20. The number of carboxylic acids is 1. The molecule has 1 heterocycles. The van der Waals surface area contributed by atoms with Gasteiger partial charge >= 0.3 is 29.4 Å². The van der Waals surface area contributed by atoms with E-state index in [9.17, 15) is 33.6 Å². The van der Waals surface area contributed by atoms with Crippen molar-refractivity contribution in [1.82, 2.24) is 0 Å². The number of nitrogens with two attached hydrogens (primary N) is 1. The summed E-state index contributed by atoms with van der Waals surface area (Å²) in [5.74, 6) is -0.988. The Morgan fingerprint density at radius 2 is 1.56 bits per heavy atom. The SMILES string of the molecule is Nc1ccccc1C(=O)O.O=P(O)(O)OP(=O)(O)OP(=O)(O)OC1O[C@H](CO)[C@@H](O)[C@H]1O. The molecular formula is C12H20NO16P3. The molecule has 20 heteroatoms. The lowest BCUT2D eigenvalue weighted by Crippen LogP contribution is -2.34. The third-order valence-electron chi connectivity index (χ3n) is 3.34. The average molecular weight is 527 g/mol. The van der Waals surface area contributed by atoms with Gasteiger partial charge in [0.15, 0.2) is 6.29 Å². The van der Waals surface area contributed by atoms with Gasteiger partial charge in [0.05, 0.1) is 12.2 Å². The van der Waals surface area contributed by atoms with E-state index in [-0.39, 0.29) is 5.56 Å². The van der Waals surface area contributed by atoms with Gasteiger partial charge in [-0.2, -0.15) is 8.62 Å². The molecule has 0 radical (unpaired) electrons. The first-order valence-electron chi connectivity index (χ1n) is 8.00. The summed E-state index contributed by atoms with van der Waals surface area (Å²) >= 11 is 0. The number of aromatic carboxylic acids is 1. The van der Waals surface area contributed by atoms with E-state index >= 15 is 0 Å². The van der Waals surface area contributed by atoms with Crippen LogP contribution in [0.15, 0.2) is 24.3 Å². The van der Waals surface area contributed by atoms with Crippen LogP contribution in [0.25, 0.3) is 0 Å². The third kappa shape index (κ3) is 9.31. The van der Waals surface area contributed by atoms with Crippen LogP contribution in [0, 0.1) is 0 Å². The molecule has 2 rings (SSSR count). The number of benzene rings is 1. The second-order valence-corrected chi connectivity index (χ2v) is 10.2. The van der Waals surface area contributed by atoms with Crippen LogP contribution in [0.5, 0.6) is 0 Å². The summed E-state index contributed by atoms with van der Waals surface area (Å²) in [6, 6.07) is 6.36. The van der Waals surface area contributed by atoms with Crippen LogP contribution < -0.4 is 5.73 Å². The topological polar surface area (TPSA) is 293 Å². The highest BCUT2D eigenvalue weighted by atomic mass is 31.3. The number of aliphatic hydroxyl groups is 3. The van der Waals surface area contributed by atoms with Gasteiger partial charge in [-0.05, 0) is 12.1 Å². The summed E-state index contributed by atoms with van der Waals surface area (Å²) in [6.07, 6.45) is -7.00. The van der Waals surface area contributed by atoms with Crippen molar-refractivity contribution in [1.29, 1.82) is 0 Å². The van der Waals surface area contributed by atoms with Gasteiger partial charge in [-0.15, -0.1) is 0 Å². The van der Waals surface area contributed by atoms with Crippen LogP contribution in [-0.2, 0) is 31.6 Å². The monoisotopic (exact) mass is 527 g/mol. The van der Waals surface area contributed by atoms with E-state index in [2.05, 4.69) is 17.9 Å². The smallest absolute Gasteiger partial charge is 0.478 e. The first-order valence-corrected chi connectivity index (χ1v) is 12.5. The Morgan fingerprint density at radius 3 is 1.97 bits per heavy atom. The summed E-state index contributed by atoms with van der Waals surface area (Å²) in [7, 11) is -16.7. The predicted molar refractivity (Wildman–Crippen MR) is 101 cm³/mol. The van der Waals surface area contributed by atoms with Crippen LogP contribution in [0.4, 0.5) is 5.69 Å². The maximum absolute atomic E-state index is 11.4. The summed E-state index contributed by atoms with van der Waals surface area (Å²) in [4.78, 5) is 45.0. The zero-order chi connectivity index (χ0) is 24.9. The molecule has 3 unspecified atom stereocenters. The molecule has 0 amide bonds. The largest absolute Gasteiger partial charge is 0.490 e. The molecule has 17 nitrogen and oxygen atoms in total. The predicted octanol–water partition coefficient (Wildman–Crippen LogP) is -1.26. The van der Waals surface area contributed by atoms with Gasteiger partial charge in [-0.25, -0.2) is 18.5 Å². The van der Waals surface area contributed by atoms with E-state index in [4.69, 9.17) is 30.6 Å².